The van der Waals surface area contributed by atoms with Crippen molar-refractivity contribution in [3.8, 4) is 0 Å². The number of carbonyl (C=O) groups excluding carboxylic acids is 2. The number of thiophene rings is 1. The molecule has 1 aromatic carbocycles. The lowest BCUT2D eigenvalue weighted by atomic mass is 9.99. The molecule has 2 aromatic rings. The maximum Gasteiger partial charge on any atom is 0.265 e. The Hall–Kier alpha value is -2.14. The van der Waals surface area contributed by atoms with Gasteiger partial charge in [-0.05, 0) is 61.6 Å². The average molecular weight is 300 g/mol. The van der Waals surface area contributed by atoms with Crippen molar-refractivity contribution in [2.24, 2.45) is 5.73 Å². The molecule has 1 heterocycles. The van der Waals surface area contributed by atoms with Crippen LogP contribution in [0.4, 0.5) is 5.69 Å². The molecule has 0 saturated carbocycles. The third-order valence-corrected chi connectivity index (χ3v) is 4.88. The minimum absolute atomic E-state index is 0.0961. The minimum atomic E-state index is -0.473. The molecule has 0 saturated heterocycles. The lowest BCUT2D eigenvalue weighted by molar-refractivity contribution is 0.0998. The van der Waals surface area contributed by atoms with Crippen molar-refractivity contribution < 1.29 is 9.59 Å². The molecule has 1 aromatic heterocycles. The van der Waals surface area contributed by atoms with Gasteiger partial charge in [0, 0.05) is 16.1 Å². The van der Waals surface area contributed by atoms with E-state index in [2.05, 4.69) is 5.32 Å². The molecule has 1 aliphatic rings. The van der Waals surface area contributed by atoms with Gasteiger partial charge in [0.25, 0.3) is 5.91 Å². The number of primary amides is 1. The van der Waals surface area contributed by atoms with Crippen LogP contribution in [0.25, 0.3) is 0 Å². The van der Waals surface area contributed by atoms with Crippen molar-refractivity contribution in [1.29, 1.82) is 0 Å². The van der Waals surface area contributed by atoms with E-state index in [9.17, 15) is 9.59 Å². The number of rotatable bonds is 3. The number of fused-ring (bicyclic) bond motifs is 1. The Morgan fingerprint density at radius 3 is 2.48 bits per heavy atom. The van der Waals surface area contributed by atoms with Crippen molar-refractivity contribution in [1.82, 2.24) is 0 Å². The zero-order valence-electron chi connectivity index (χ0n) is 11.5. The Morgan fingerprint density at radius 2 is 1.81 bits per heavy atom. The van der Waals surface area contributed by atoms with Gasteiger partial charge in [-0.1, -0.05) is 0 Å². The van der Waals surface area contributed by atoms with Gasteiger partial charge < -0.3 is 11.1 Å². The van der Waals surface area contributed by atoms with Gasteiger partial charge in [0.1, 0.15) is 0 Å². The van der Waals surface area contributed by atoms with Crippen LogP contribution in [0, 0.1) is 0 Å². The second-order valence-electron chi connectivity index (χ2n) is 5.16. The highest BCUT2D eigenvalue weighted by Gasteiger charge is 2.17. The van der Waals surface area contributed by atoms with E-state index in [1.54, 1.807) is 35.6 Å². The number of benzene rings is 1. The molecule has 0 aliphatic heterocycles. The number of nitrogens with one attached hydrogen (secondary N) is 1. The highest BCUT2D eigenvalue weighted by atomic mass is 32.1. The van der Waals surface area contributed by atoms with E-state index in [-0.39, 0.29) is 5.91 Å². The van der Waals surface area contributed by atoms with E-state index in [0.717, 1.165) is 17.7 Å². The number of aryl methyl sites for hydroxylation is 2. The third-order valence-electron chi connectivity index (χ3n) is 3.65. The Bertz CT molecular complexity index is 665. The summed E-state index contributed by atoms with van der Waals surface area (Å²) < 4.78 is 0. The van der Waals surface area contributed by atoms with Crippen molar-refractivity contribution >= 4 is 28.8 Å². The molecular weight excluding hydrogens is 284 g/mol. The number of nitrogens with two attached hydrogens (primary N) is 1. The first kappa shape index (κ1) is 13.8. The third kappa shape index (κ3) is 2.97. The number of carbonyl (C=O) groups is 2. The number of hydrogen-bond donors (Lipinski definition) is 2. The van der Waals surface area contributed by atoms with Gasteiger partial charge in [-0.3, -0.25) is 9.59 Å². The van der Waals surface area contributed by atoms with Crippen molar-refractivity contribution in [2.45, 2.75) is 25.7 Å². The van der Waals surface area contributed by atoms with Crippen LogP contribution >= 0.6 is 11.3 Å². The van der Waals surface area contributed by atoms with E-state index in [1.165, 1.54) is 23.3 Å². The van der Waals surface area contributed by atoms with Gasteiger partial charge in [0.15, 0.2) is 0 Å². The second-order valence-corrected chi connectivity index (χ2v) is 6.30. The Labute approximate surface area is 127 Å². The molecule has 0 radical (unpaired) electrons. The predicted molar refractivity (Wildman–Crippen MR) is 83.9 cm³/mol. The Morgan fingerprint density at radius 1 is 1.10 bits per heavy atom. The summed E-state index contributed by atoms with van der Waals surface area (Å²) in [6, 6.07) is 8.60. The molecule has 1 aliphatic carbocycles. The summed E-state index contributed by atoms with van der Waals surface area (Å²) in [5.41, 5.74) is 7.60. The summed E-state index contributed by atoms with van der Waals surface area (Å²) in [5, 5.41) is 2.85. The van der Waals surface area contributed by atoms with Crippen molar-refractivity contribution in [3.05, 3.63) is 51.2 Å². The fourth-order valence-electron chi connectivity index (χ4n) is 2.51. The maximum atomic E-state index is 12.3. The summed E-state index contributed by atoms with van der Waals surface area (Å²) in [6.45, 7) is 0. The van der Waals surface area contributed by atoms with Gasteiger partial charge in [-0.25, -0.2) is 0 Å². The zero-order valence-corrected chi connectivity index (χ0v) is 12.3. The standard InChI is InChI=1S/C16H16N2O2S/c17-15(19)10-5-7-12(8-6-10)18-16(20)14-9-11-3-1-2-4-13(11)21-14/h5-9H,1-4H2,(H2,17,19)(H,18,20). The lowest BCUT2D eigenvalue weighted by Crippen LogP contribution is -2.12. The molecule has 4 nitrogen and oxygen atoms in total. The van der Waals surface area contributed by atoms with E-state index in [1.807, 2.05) is 6.07 Å². The molecule has 108 valence electrons. The first-order valence-corrected chi connectivity index (χ1v) is 7.78. The van der Waals surface area contributed by atoms with E-state index in [4.69, 9.17) is 5.73 Å². The molecule has 2 amide bonds. The molecule has 0 spiro atoms. The monoisotopic (exact) mass is 300 g/mol. The predicted octanol–water partition coefficient (Wildman–Crippen LogP) is 2.98. The van der Waals surface area contributed by atoms with Gasteiger partial charge in [-0.2, -0.15) is 0 Å². The molecule has 0 bridgehead atoms. The normalized spacial score (nSPS) is 13.5. The average Bonchev–Trinajstić information content (AvgIpc) is 2.92. The number of hydrogen-bond acceptors (Lipinski definition) is 3. The quantitative estimate of drug-likeness (QED) is 0.914. The minimum Gasteiger partial charge on any atom is -0.366 e. The van der Waals surface area contributed by atoms with Crippen molar-refractivity contribution in [2.75, 3.05) is 5.32 Å². The van der Waals surface area contributed by atoms with Crippen LogP contribution in [0.1, 0.15) is 43.3 Å². The first-order chi connectivity index (χ1) is 10.1. The van der Waals surface area contributed by atoms with Crippen LogP contribution in [0.15, 0.2) is 30.3 Å². The SMILES string of the molecule is NC(=O)c1ccc(NC(=O)c2cc3c(s2)CCCC3)cc1. The van der Waals surface area contributed by atoms with Gasteiger partial charge in [0.05, 0.1) is 4.88 Å². The fraction of sp³-hybridized carbons (Fsp3) is 0.250. The zero-order chi connectivity index (χ0) is 14.8. The van der Waals surface area contributed by atoms with Crippen LogP contribution < -0.4 is 11.1 Å². The molecule has 0 atom stereocenters. The molecule has 3 N–H and O–H groups in total. The summed E-state index contributed by atoms with van der Waals surface area (Å²) in [5.74, 6) is -0.569. The van der Waals surface area contributed by atoms with Gasteiger partial charge in [0.2, 0.25) is 5.91 Å². The number of amides is 2. The molecule has 0 unspecified atom stereocenters. The van der Waals surface area contributed by atoms with Crippen LogP contribution in [0.2, 0.25) is 0 Å². The topological polar surface area (TPSA) is 72.2 Å². The number of anilines is 1. The van der Waals surface area contributed by atoms with Crippen LogP contribution in [-0.2, 0) is 12.8 Å². The van der Waals surface area contributed by atoms with Gasteiger partial charge in [-0.15, -0.1) is 11.3 Å². The lowest BCUT2D eigenvalue weighted by Gasteiger charge is -2.08. The fourth-order valence-corrected chi connectivity index (χ4v) is 3.66. The van der Waals surface area contributed by atoms with Crippen LogP contribution in [-0.4, -0.2) is 11.8 Å². The molecular formula is C16H16N2O2S. The summed E-state index contributed by atoms with van der Waals surface area (Å²) >= 11 is 1.58. The summed E-state index contributed by atoms with van der Waals surface area (Å²) in [7, 11) is 0. The summed E-state index contributed by atoms with van der Waals surface area (Å²) in [6.07, 6.45) is 4.58. The largest absolute Gasteiger partial charge is 0.366 e. The Kier molecular flexibility index (Phi) is 3.75. The second kappa shape index (κ2) is 5.69. The highest BCUT2D eigenvalue weighted by molar-refractivity contribution is 7.14. The molecule has 21 heavy (non-hydrogen) atoms. The maximum absolute atomic E-state index is 12.3. The van der Waals surface area contributed by atoms with Crippen LogP contribution in [0.3, 0.4) is 0 Å². The molecule has 5 heteroatoms. The van der Waals surface area contributed by atoms with E-state index < -0.39 is 5.91 Å². The first-order valence-electron chi connectivity index (χ1n) is 6.96. The smallest absolute Gasteiger partial charge is 0.265 e. The van der Waals surface area contributed by atoms with E-state index in [0.29, 0.717) is 11.3 Å². The molecule has 3 rings (SSSR count). The Balaban J connectivity index is 1.73. The summed E-state index contributed by atoms with van der Waals surface area (Å²) in [4.78, 5) is 25.4. The van der Waals surface area contributed by atoms with E-state index >= 15 is 0 Å². The highest BCUT2D eigenvalue weighted by Crippen LogP contribution is 2.30. The molecule has 0 fully saturated rings. The van der Waals surface area contributed by atoms with Crippen molar-refractivity contribution in [3.63, 3.8) is 0 Å². The van der Waals surface area contributed by atoms with Gasteiger partial charge >= 0.3 is 0 Å². The van der Waals surface area contributed by atoms with Crippen LogP contribution in [0.5, 0.6) is 0 Å².